The quantitative estimate of drug-likeness (QED) is 0.628. The molecule has 0 aliphatic carbocycles. The molecule has 1 heterocycles. The molecular formula is C16H12FIN2O. The third kappa shape index (κ3) is 3.07. The topological polar surface area (TPSA) is 27.1 Å². The van der Waals surface area contributed by atoms with Crippen molar-refractivity contribution in [2.75, 3.05) is 0 Å². The fourth-order valence-corrected chi connectivity index (χ4v) is 2.63. The van der Waals surface area contributed by atoms with Crippen LogP contribution in [0.3, 0.4) is 0 Å². The predicted octanol–water partition coefficient (Wildman–Crippen LogP) is 3.92. The third-order valence-corrected chi connectivity index (χ3v) is 3.81. The van der Waals surface area contributed by atoms with Gasteiger partial charge < -0.3 is 4.84 Å². The zero-order valence-corrected chi connectivity index (χ0v) is 13.2. The monoisotopic (exact) mass is 394 g/mol. The first-order valence-corrected chi connectivity index (χ1v) is 7.49. The van der Waals surface area contributed by atoms with Crippen LogP contribution >= 0.6 is 22.6 Å². The van der Waals surface area contributed by atoms with E-state index in [0.29, 0.717) is 17.9 Å². The van der Waals surface area contributed by atoms with Crippen LogP contribution in [0.15, 0.2) is 60.8 Å². The molecule has 0 bridgehead atoms. The Hall–Kier alpha value is -1.89. The summed E-state index contributed by atoms with van der Waals surface area (Å²) in [7, 11) is 0. The highest BCUT2D eigenvalue weighted by Gasteiger charge is 2.15. The maximum absolute atomic E-state index is 14.0. The Morgan fingerprint density at radius 2 is 1.76 bits per heavy atom. The molecule has 3 nitrogen and oxygen atoms in total. The van der Waals surface area contributed by atoms with Gasteiger partial charge in [0.2, 0.25) is 0 Å². The van der Waals surface area contributed by atoms with Gasteiger partial charge in [-0.3, -0.25) is 0 Å². The van der Waals surface area contributed by atoms with Crippen LogP contribution in [0.2, 0.25) is 0 Å². The van der Waals surface area contributed by atoms with E-state index in [4.69, 9.17) is 4.84 Å². The summed E-state index contributed by atoms with van der Waals surface area (Å²) in [6.07, 6.45) is 1.66. The fraction of sp³-hybridized carbons (Fsp3) is 0.0625. The summed E-state index contributed by atoms with van der Waals surface area (Å²) in [5.41, 5.74) is 2.14. The Labute approximate surface area is 135 Å². The molecule has 5 heteroatoms. The van der Waals surface area contributed by atoms with Crippen LogP contribution in [-0.4, -0.2) is 9.94 Å². The Morgan fingerprint density at radius 3 is 2.52 bits per heavy atom. The molecule has 0 fully saturated rings. The summed E-state index contributed by atoms with van der Waals surface area (Å²) in [4.78, 5) is 7.07. The zero-order valence-electron chi connectivity index (χ0n) is 11.0. The summed E-state index contributed by atoms with van der Waals surface area (Å²) in [5, 5.41) is 4.17. The van der Waals surface area contributed by atoms with E-state index in [-0.39, 0.29) is 5.82 Å². The lowest BCUT2D eigenvalue weighted by Crippen LogP contribution is -2.14. The highest BCUT2D eigenvalue weighted by atomic mass is 127. The molecule has 106 valence electrons. The first-order chi connectivity index (χ1) is 10.3. The Bertz CT molecular complexity index is 743. The second-order valence-electron chi connectivity index (χ2n) is 4.45. The van der Waals surface area contributed by atoms with E-state index >= 15 is 0 Å². The molecule has 2 aromatic carbocycles. The largest absolute Gasteiger partial charge is 0.391 e. The first-order valence-electron chi connectivity index (χ1n) is 6.41. The Balaban J connectivity index is 1.89. The van der Waals surface area contributed by atoms with Crippen LogP contribution in [0.5, 0.6) is 0 Å². The summed E-state index contributed by atoms with van der Waals surface area (Å²) in [5.74, 6) is -0.291. The standard InChI is InChI=1S/C16H12FIN2O/c17-14-9-5-4-8-13(14)16-15(18)10-19-20(16)21-11-12-6-2-1-3-7-12/h1-10H,11H2. The van der Waals surface area contributed by atoms with Crippen molar-refractivity contribution in [3.63, 3.8) is 0 Å². The van der Waals surface area contributed by atoms with Crippen LogP contribution in [0.1, 0.15) is 5.56 Å². The van der Waals surface area contributed by atoms with Gasteiger partial charge >= 0.3 is 0 Å². The average Bonchev–Trinajstić information content (AvgIpc) is 2.88. The van der Waals surface area contributed by atoms with Crippen molar-refractivity contribution in [3.8, 4) is 11.3 Å². The average molecular weight is 394 g/mol. The predicted molar refractivity (Wildman–Crippen MR) is 87.1 cm³/mol. The van der Waals surface area contributed by atoms with Crippen molar-refractivity contribution in [2.24, 2.45) is 0 Å². The van der Waals surface area contributed by atoms with Gasteiger partial charge in [-0.2, -0.15) is 0 Å². The fourth-order valence-electron chi connectivity index (χ4n) is 2.01. The van der Waals surface area contributed by atoms with Gasteiger partial charge in [-0.05, 0) is 40.3 Å². The number of hydrogen-bond acceptors (Lipinski definition) is 2. The lowest BCUT2D eigenvalue weighted by atomic mass is 10.1. The molecule has 0 radical (unpaired) electrons. The van der Waals surface area contributed by atoms with Gasteiger partial charge in [0.25, 0.3) is 0 Å². The molecular weight excluding hydrogens is 382 g/mol. The lowest BCUT2D eigenvalue weighted by Gasteiger charge is -2.10. The molecule has 0 saturated heterocycles. The number of rotatable bonds is 4. The minimum atomic E-state index is -0.291. The van der Waals surface area contributed by atoms with Gasteiger partial charge in [0.1, 0.15) is 18.1 Å². The van der Waals surface area contributed by atoms with Crippen LogP contribution in [0.4, 0.5) is 4.39 Å². The normalized spacial score (nSPS) is 10.6. The van der Waals surface area contributed by atoms with E-state index in [1.807, 2.05) is 30.3 Å². The molecule has 1 aromatic heterocycles. The lowest BCUT2D eigenvalue weighted by molar-refractivity contribution is 0.0734. The van der Waals surface area contributed by atoms with Gasteiger partial charge in [-0.25, -0.2) is 4.39 Å². The van der Waals surface area contributed by atoms with Gasteiger partial charge in [-0.15, -0.1) is 5.10 Å². The van der Waals surface area contributed by atoms with E-state index in [0.717, 1.165) is 9.13 Å². The summed E-state index contributed by atoms with van der Waals surface area (Å²) >= 11 is 2.13. The second-order valence-corrected chi connectivity index (χ2v) is 5.62. The molecule has 21 heavy (non-hydrogen) atoms. The Kier molecular flexibility index (Phi) is 4.19. The molecule has 3 aromatic rings. The smallest absolute Gasteiger partial charge is 0.142 e. The number of halogens is 2. The van der Waals surface area contributed by atoms with E-state index in [1.165, 1.54) is 10.9 Å². The van der Waals surface area contributed by atoms with Crippen LogP contribution in [0, 0.1) is 9.39 Å². The van der Waals surface area contributed by atoms with Crippen molar-refractivity contribution in [1.29, 1.82) is 0 Å². The summed E-state index contributed by atoms with van der Waals surface area (Å²) in [6, 6.07) is 16.4. The van der Waals surface area contributed by atoms with Gasteiger partial charge in [-0.1, -0.05) is 47.3 Å². The number of hydrogen-bond donors (Lipinski definition) is 0. The molecule has 0 aliphatic heterocycles. The maximum Gasteiger partial charge on any atom is 0.142 e. The minimum absolute atomic E-state index is 0.291. The van der Waals surface area contributed by atoms with Gasteiger partial charge in [0.15, 0.2) is 0 Å². The molecule has 0 N–H and O–H groups in total. The van der Waals surface area contributed by atoms with E-state index < -0.39 is 0 Å². The van der Waals surface area contributed by atoms with E-state index in [9.17, 15) is 4.39 Å². The van der Waals surface area contributed by atoms with Crippen molar-refractivity contribution in [3.05, 3.63) is 75.7 Å². The Morgan fingerprint density at radius 1 is 1.05 bits per heavy atom. The molecule has 0 unspecified atom stereocenters. The molecule has 0 aliphatic rings. The minimum Gasteiger partial charge on any atom is -0.391 e. The molecule has 0 amide bonds. The molecule has 3 rings (SSSR count). The SMILES string of the molecule is Fc1ccccc1-c1c(I)cnn1OCc1ccccc1. The van der Waals surface area contributed by atoms with Crippen molar-refractivity contribution in [2.45, 2.75) is 6.61 Å². The number of nitrogens with zero attached hydrogens (tertiary/aromatic N) is 2. The van der Waals surface area contributed by atoms with Crippen LogP contribution < -0.4 is 4.84 Å². The molecule has 0 atom stereocenters. The highest BCUT2D eigenvalue weighted by Crippen LogP contribution is 2.26. The highest BCUT2D eigenvalue weighted by molar-refractivity contribution is 14.1. The van der Waals surface area contributed by atoms with Crippen molar-refractivity contribution in [1.82, 2.24) is 9.94 Å². The van der Waals surface area contributed by atoms with Crippen LogP contribution in [0.25, 0.3) is 11.3 Å². The molecule has 0 spiro atoms. The van der Waals surface area contributed by atoms with Gasteiger partial charge in [0.05, 0.1) is 9.77 Å². The van der Waals surface area contributed by atoms with Crippen molar-refractivity contribution >= 4 is 22.6 Å². The van der Waals surface area contributed by atoms with Crippen molar-refractivity contribution < 1.29 is 9.23 Å². The summed E-state index contributed by atoms with van der Waals surface area (Å²) < 4.78 is 14.8. The zero-order chi connectivity index (χ0) is 14.7. The van der Waals surface area contributed by atoms with Gasteiger partial charge in [0, 0.05) is 5.56 Å². The van der Waals surface area contributed by atoms with Crippen LogP contribution in [-0.2, 0) is 6.61 Å². The maximum atomic E-state index is 14.0. The van der Waals surface area contributed by atoms with E-state index in [2.05, 4.69) is 27.7 Å². The third-order valence-electron chi connectivity index (χ3n) is 3.02. The summed E-state index contributed by atoms with van der Waals surface area (Å²) in [6.45, 7) is 0.375. The van der Waals surface area contributed by atoms with E-state index in [1.54, 1.807) is 24.4 Å². The first kappa shape index (κ1) is 14.1. The second kappa shape index (κ2) is 6.26. The molecule has 0 saturated carbocycles. The number of aromatic nitrogens is 2. The number of benzene rings is 2.